The fourth-order valence-electron chi connectivity index (χ4n) is 12.8. The zero-order valence-electron chi connectivity index (χ0n) is 37.4. The van der Waals surface area contributed by atoms with Gasteiger partial charge in [-0.3, -0.25) is 0 Å². The molecule has 8 aromatic carbocycles. The van der Waals surface area contributed by atoms with E-state index in [9.17, 15) is 0 Å². The lowest BCUT2D eigenvalue weighted by molar-refractivity contribution is 0.590. The number of anilines is 3. The first kappa shape index (κ1) is 36.4. The number of hydrogen-bond acceptors (Lipinski definition) is 2. The minimum atomic E-state index is -0.237. The molecule has 2 aliphatic heterocycles. The van der Waals surface area contributed by atoms with Gasteiger partial charge in [0.05, 0.1) is 16.8 Å². The Hall–Kier alpha value is -7.04. The highest BCUT2D eigenvalue weighted by Gasteiger charge is 2.51. The van der Waals surface area contributed by atoms with E-state index in [1.54, 1.807) is 0 Å². The molecule has 0 spiro atoms. The molecule has 0 radical (unpaired) electrons. The van der Waals surface area contributed by atoms with Gasteiger partial charge in [0.2, 0.25) is 0 Å². The van der Waals surface area contributed by atoms with Crippen molar-refractivity contribution < 1.29 is 4.42 Å². The molecule has 2 aromatic heterocycles. The Labute approximate surface area is 374 Å². The minimum Gasteiger partial charge on any atom is -0.441 e. The van der Waals surface area contributed by atoms with E-state index in [-0.39, 0.29) is 23.1 Å². The Kier molecular flexibility index (Phi) is 6.80. The van der Waals surface area contributed by atoms with E-state index >= 15 is 0 Å². The van der Waals surface area contributed by atoms with Crippen LogP contribution in [0.2, 0.25) is 0 Å². The van der Waals surface area contributed by atoms with Gasteiger partial charge < -0.3 is 13.8 Å². The largest absolute Gasteiger partial charge is 0.441 e. The van der Waals surface area contributed by atoms with E-state index < -0.39 is 0 Å². The summed E-state index contributed by atoms with van der Waals surface area (Å²) in [7, 11) is 0. The summed E-state index contributed by atoms with van der Waals surface area (Å²) in [4.78, 5) is 2.70. The van der Waals surface area contributed by atoms with Crippen LogP contribution in [0.3, 0.4) is 0 Å². The Balaban J connectivity index is 1.22. The van der Waals surface area contributed by atoms with Gasteiger partial charge in [0.15, 0.2) is 5.71 Å². The Morgan fingerprint density at radius 2 is 1.22 bits per heavy atom. The van der Waals surface area contributed by atoms with Gasteiger partial charge in [-0.15, -0.1) is 0 Å². The molecule has 0 N–H and O–H groups in total. The molecule has 0 saturated carbocycles. The number of benzene rings is 8. The van der Waals surface area contributed by atoms with Crippen LogP contribution in [-0.2, 0) is 16.2 Å². The number of hydrogen-bond donors (Lipinski definition) is 0. The van der Waals surface area contributed by atoms with Crippen molar-refractivity contribution in [1.82, 2.24) is 4.48 Å². The summed E-state index contributed by atoms with van der Waals surface area (Å²) in [6.07, 6.45) is 0. The van der Waals surface area contributed by atoms with Gasteiger partial charge in [-0.1, -0.05) is 182 Å². The first-order valence-electron chi connectivity index (χ1n) is 23.0. The second-order valence-corrected chi connectivity index (χ2v) is 20.8. The third-order valence-corrected chi connectivity index (χ3v) is 15.7. The average Bonchev–Trinajstić information content (AvgIpc) is 3.98. The summed E-state index contributed by atoms with van der Waals surface area (Å²) in [5.41, 5.74) is 26.2. The van der Waals surface area contributed by atoms with Crippen LogP contribution >= 0.6 is 0 Å². The lowest BCUT2D eigenvalue weighted by Crippen LogP contribution is -2.57. The van der Waals surface area contributed by atoms with Crippen molar-refractivity contribution in [3.05, 3.63) is 186 Å². The average molecular weight is 823 g/mol. The SMILES string of the molecule is CC(C)(C)c1ccc(N2c3cc4c(c5c3B(c3ccc6c(c32)-c2ccccc2C6(C)C)n2c3oc6ccccc6c3c3cccc-5c32)C(C)(C)c2ccccc2-4)c(-c2ccccc2)c1. The zero-order valence-corrected chi connectivity index (χ0v) is 37.4. The molecule has 10 aromatic rings. The second-order valence-electron chi connectivity index (χ2n) is 20.8. The van der Waals surface area contributed by atoms with Crippen molar-refractivity contribution in [2.24, 2.45) is 0 Å². The smallest absolute Gasteiger partial charge is 0.336 e. The Morgan fingerprint density at radius 1 is 0.531 bits per heavy atom. The van der Waals surface area contributed by atoms with Crippen LogP contribution in [0.25, 0.3) is 77.5 Å². The molecule has 0 unspecified atom stereocenters. The molecular weight excluding hydrogens is 775 g/mol. The molecule has 2 aliphatic carbocycles. The zero-order chi connectivity index (χ0) is 43.2. The summed E-state index contributed by atoms with van der Waals surface area (Å²) in [5.74, 6) is 0. The molecule has 4 heterocycles. The fraction of sp³-hybridized carbons (Fsp3) is 0.167. The predicted octanol–water partition coefficient (Wildman–Crippen LogP) is 14.5. The summed E-state index contributed by atoms with van der Waals surface area (Å²) in [6, 6.07) is 59.8. The van der Waals surface area contributed by atoms with E-state index in [0.717, 1.165) is 16.7 Å². The highest BCUT2D eigenvalue weighted by Crippen LogP contribution is 2.60. The summed E-state index contributed by atoms with van der Waals surface area (Å²) < 4.78 is 9.72. The molecule has 3 nitrogen and oxygen atoms in total. The molecular formula is C60H47BN2O. The van der Waals surface area contributed by atoms with Gasteiger partial charge in [-0.05, 0) is 96.2 Å². The van der Waals surface area contributed by atoms with E-state index in [1.807, 2.05) is 0 Å². The van der Waals surface area contributed by atoms with E-state index in [0.29, 0.717) is 0 Å². The van der Waals surface area contributed by atoms with Crippen molar-refractivity contribution in [2.75, 3.05) is 4.90 Å². The predicted molar refractivity (Wildman–Crippen MR) is 269 cm³/mol. The second kappa shape index (κ2) is 11.9. The van der Waals surface area contributed by atoms with Crippen molar-refractivity contribution >= 4 is 67.8 Å². The van der Waals surface area contributed by atoms with Crippen LogP contribution in [-0.4, -0.2) is 11.3 Å². The molecule has 0 bridgehead atoms. The monoisotopic (exact) mass is 822 g/mol. The normalized spacial score (nSPS) is 15.6. The van der Waals surface area contributed by atoms with Gasteiger partial charge >= 0.3 is 6.85 Å². The van der Waals surface area contributed by atoms with E-state index in [2.05, 4.69) is 216 Å². The van der Waals surface area contributed by atoms with Gasteiger partial charge in [0.1, 0.15) is 5.58 Å². The highest BCUT2D eigenvalue weighted by atomic mass is 16.3. The number of furan rings is 1. The number of fused-ring (bicyclic) bond motifs is 17. The summed E-state index contributed by atoms with van der Waals surface area (Å²) in [5, 5.41) is 3.61. The Bertz CT molecular complexity index is 3720. The maximum atomic E-state index is 7.12. The molecule has 4 heteroatoms. The lowest BCUT2D eigenvalue weighted by Gasteiger charge is -2.43. The van der Waals surface area contributed by atoms with Crippen LogP contribution in [0.1, 0.15) is 76.3 Å². The van der Waals surface area contributed by atoms with Crippen LogP contribution < -0.4 is 15.8 Å². The molecule has 0 amide bonds. The third kappa shape index (κ3) is 4.34. The van der Waals surface area contributed by atoms with Crippen LogP contribution in [0.5, 0.6) is 0 Å². The molecule has 306 valence electrons. The third-order valence-electron chi connectivity index (χ3n) is 15.7. The molecule has 0 saturated heterocycles. The summed E-state index contributed by atoms with van der Waals surface area (Å²) in [6.45, 7) is 16.5. The first-order chi connectivity index (χ1) is 30.9. The molecule has 0 atom stereocenters. The number of rotatable bonds is 2. The van der Waals surface area contributed by atoms with Gasteiger partial charge in [-0.2, -0.15) is 0 Å². The highest BCUT2D eigenvalue weighted by molar-refractivity contribution is 6.90. The van der Waals surface area contributed by atoms with Crippen molar-refractivity contribution in [1.29, 1.82) is 0 Å². The quantitative estimate of drug-likeness (QED) is 0.162. The lowest BCUT2D eigenvalue weighted by atomic mass is 9.44. The van der Waals surface area contributed by atoms with Crippen LogP contribution in [0.4, 0.5) is 17.1 Å². The minimum absolute atomic E-state index is 0.0410. The maximum absolute atomic E-state index is 7.12. The van der Waals surface area contributed by atoms with Crippen molar-refractivity contribution in [3.8, 4) is 44.5 Å². The summed E-state index contributed by atoms with van der Waals surface area (Å²) >= 11 is 0. The number of para-hydroxylation sites is 2. The first-order valence-corrected chi connectivity index (χ1v) is 23.0. The van der Waals surface area contributed by atoms with Gasteiger partial charge in [-0.25, -0.2) is 0 Å². The Morgan fingerprint density at radius 3 is 2.02 bits per heavy atom. The number of nitrogens with zero attached hydrogens (tertiary/aromatic N) is 2. The topological polar surface area (TPSA) is 21.3 Å². The maximum Gasteiger partial charge on any atom is 0.336 e. The van der Waals surface area contributed by atoms with E-state index in [1.165, 1.54) is 117 Å². The van der Waals surface area contributed by atoms with Crippen molar-refractivity contribution in [2.45, 2.75) is 64.7 Å². The number of aromatic nitrogens is 1. The molecule has 64 heavy (non-hydrogen) atoms. The van der Waals surface area contributed by atoms with Gasteiger partial charge in [0.25, 0.3) is 0 Å². The molecule has 14 rings (SSSR count). The molecule has 0 fully saturated rings. The van der Waals surface area contributed by atoms with Crippen LogP contribution in [0, 0.1) is 0 Å². The van der Waals surface area contributed by atoms with Gasteiger partial charge in [0, 0.05) is 49.5 Å². The van der Waals surface area contributed by atoms with E-state index in [4.69, 9.17) is 4.42 Å². The van der Waals surface area contributed by atoms with Crippen LogP contribution in [0.15, 0.2) is 162 Å². The van der Waals surface area contributed by atoms with Crippen molar-refractivity contribution in [3.63, 3.8) is 0 Å². The standard InChI is InChI=1S/C60H47BN2O/c1-58(2,3)35-28-31-47(41(32-35)34-18-9-8-10-19-34)62-48-33-42-36-20-11-14-25-43(36)60(6,7)53(42)52-40-24-17-23-39-50-38-22-13-16-27-49(38)64-57(50)63(55(39)40)61(54(48)52)46-30-29-45-51(56(46)62)37-21-12-15-26-44(37)59(45,4)5/h8-33H,1-7H3. The molecule has 4 aliphatic rings. The fourth-order valence-corrected chi connectivity index (χ4v) is 12.8.